The lowest BCUT2D eigenvalue weighted by Gasteiger charge is -2.24. The van der Waals surface area contributed by atoms with Gasteiger partial charge in [-0.05, 0) is 69.2 Å². The first-order valence-corrected chi connectivity index (χ1v) is 11.8. The van der Waals surface area contributed by atoms with Gasteiger partial charge in [-0.15, -0.1) is 0 Å². The van der Waals surface area contributed by atoms with Crippen LogP contribution in [-0.2, 0) is 9.53 Å². The number of rotatable bonds is 6. The molecule has 0 N–H and O–H groups in total. The molecule has 1 aliphatic rings. The van der Waals surface area contributed by atoms with Crippen molar-refractivity contribution in [1.29, 1.82) is 0 Å². The van der Waals surface area contributed by atoms with Crippen LogP contribution in [0.3, 0.4) is 0 Å². The number of aromatic nitrogens is 1. The van der Waals surface area contributed by atoms with Crippen molar-refractivity contribution in [3.05, 3.63) is 96.4 Å². The number of nitrogens with zero attached hydrogens (tertiary/aromatic N) is 2. The number of esters is 1. The van der Waals surface area contributed by atoms with Gasteiger partial charge in [-0.1, -0.05) is 35.6 Å². The molecule has 2 heterocycles. The van der Waals surface area contributed by atoms with E-state index in [0.29, 0.717) is 26.3 Å². The predicted molar refractivity (Wildman–Crippen MR) is 129 cm³/mol. The number of hydrogen-bond donors (Lipinski definition) is 0. The molecule has 8 heteroatoms. The van der Waals surface area contributed by atoms with E-state index in [0.717, 1.165) is 5.56 Å². The Bertz CT molecular complexity index is 1430. The second-order valence-corrected chi connectivity index (χ2v) is 9.10. The summed E-state index contributed by atoms with van der Waals surface area (Å²) in [7, 11) is 0. The van der Waals surface area contributed by atoms with E-state index in [1.807, 2.05) is 38.1 Å². The van der Waals surface area contributed by atoms with Gasteiger partial charge in [0.05, 0.1) is 34.6 Å². The van der Waals surface area contributed by atoms with Crippen molar-refractivity contribution in [3.63, 3.8) is 0 Å². The molecule has 0 unspecified atom stereocenters. The van der Waals surface area contributed by atoms with Gasteiger partial charge in [0.2, 0.25) is 0 Å². The fraction of sp³-hybridized carbons (Fsp3) is 0.269. The first-order valence-electron chi connectivity index (χ1n) is 11.0. The van der Waals surface area contributed by atoms with Gasteiger partial charge in [-0.2, -0.15) is 0 Å². The molecule has 34 heavy (non-hydrogen) atoms. The largest absolute Gasteiger partial charge is 0.491 e. The highest BCUT2D eigenvalue weighted by Crippen LogP contribution is 2.30. The molecule has 176 valence electrons. The van der Waals surface area contributed by atoms with Gasteiger partial charge in [0.15, 0.2) is 4.80 Å². The van der Waals surface area contributed by atoms with Gasteiger partial charge in [0.25, 0.3) is 5.56 Å². The zero-order valence-corrected chi connectivity index (χ0v) is 20.2. The Hall–Kier alpha value is -3.52. The van der Waals surface area contributed by atoms with E-state index in [4.69, 9.17) is 9.47 Å². The maximum atomic E-state index is 13.6. The molecule has 0 saturated carbocycles. The smallest absolute Gasteiger partial charge is 0.338 e. The highest BCUT2D eigenvalue weighted by Gasteiger charge is 2.33. The van der Waals surface area contributed by atoms with E-state index in [1.165, 1.54) is 28.0 Å². The summed E-state index contributed by atoms with van der Waals surface area (Å²) in [5.41, 5.74) is 1.84. The average Bonchev–Trinajstić information content (AvgIpc) is 3.08. The molecule has 0 saturated heterocycles. The number of carbonyl (C=O) groups excluding carboxylic acids is 1. The van der Waals surface area contributed by atoms with Crippen molar-refractivity contribution in [1.82, 2.24) is 4.57 Å². The second-order valence-electron chi connectivity index (χ2n) is 8.09. The van der Waals surface area contributed by atoms with Gasteiger partial charge < -0.3 is 9.47 Å². The van der Waals surface area contributed by atoms with Gasteiger partial charge in [-0.3, -0.25) is 9.36 Å². The molecule has 2 aromatic carbocycles. The van der Waals surface area contributed by atoms with Crippen molar-refractivity contribution in [2.45, 2.75) is 39.8 Å². The molecule has 0 aliphatic carbocycles. The maximum absolute atomic E-state index is 13.6. The minimum absolute atomic E-state index is 0.0283. The quantitative estimate of drug-likeness (QED) is 0.504. The van der Waals surface area contributed by atoms with Crippen molar-refractivity contribution in [2.75, 3.05) is 6.61 Å². The van der Waals surface area contributed by atoms with Crippen LogP contribution in [0.15, 0.2) is 69.6 Å². The Morgan fingerprint density at radius 3 is 2.65 bits per heavy atom. The zero-order chi connectivity index (χ0) is 24.4. The van der Waals surface area contributed by atoms with Crippen molar-refractivity contribution in [3.8, 4) is 5.75 Å². The number of ether oxygens (including phenoxy) is 2. The van der Waals surface area contributed by atoms with E-state index < -0.39 is 17.8 Å². The molecule has 1 aromatic heterocycles. The third-order valence-electron chi connectivity index (χ3n) is 5.23. The van der Waals surface area contributed by atoms with Gasteiger partial charge in [-0.25, -0.2) is 14.2 Å². The fourth-order valence-electron chi connectivity index (χ4n) is 3.85. The topological polar surface area (TPSA) is 69.9 Å². The lowest BCUT2D eigenvalue weighted by Crippen LogP contribution is -2.39. The van der Waals surface area contributed by atoms with Crippen molar-refractivity contribution in [2.24, 2.45) is 4.99 Å². The molecule has 1 atom stereocenters. The number of carbonyl (C=O) groups is 1. The van der Waals surface area contributed by atoms with E-state index in [1.54, 1.807) is 32.1 Å². The Kier molecular flexibility index (Phi) is 6.79. The van der Waals surface area contributed by atoms with E-state index >= 15 is 0 Å². The van der Waals surface area contributed by atoms with Crippen LogP contribution in [0.25, 0.3) is 6.08 Å². The molecule has 3 aromatic rings. The van der Waals surface area contributed by atoms with Crippen LogP contribution in [0, 0.1) is 5.82 Å². The standard InChI is InChI=1S/C26H25FN2O4S/c1-5-32-25(31)22-16(4)28-26-29(23(22)18-9-11-19(27)12-10-18)24(30)21(34-26)14-17-7-6-8-20(13-17)33-15(2)3/h6-15,23H,5H2,1-4H3/b21-14-/t23-/m0/s1. The Morgan fingerprint density at radius 1 is 1.24 bits per heavy atom. The molecule has 0 spiro atoms. The van der Waals surface area contributed by atoms with Crippen LogP contribution >= 0.6 is 11.3 Å². The highest BCUT2D eigenvalue weighted by molar-refractivity contribution is 7.07. The molecule has 0 fully saturated rings. The second kappa shape index (κ2) is 9.77. The van der Waals surface area contributed by atoms with Crippen molar-refractivity contribution < 1.29 is 18.7 Å². The van der Waals surface area contributed by atoms with E-state index in [-0.39, 0.29) is 23.8 Å². The Morgan fingerprint density at radius 2 is 1.97 bits per heavy atom. The lowest BCUT2D eigenvalue weighted by molar-refractivity contribution is -0.139. The number of allylic oxidation sites excluding steroid dienone is 1. The minimum atomic E-state index is -0.770. The molecule has 4 rings (SSSR count). The Labute approximate surface area is 200 Å². The number of fused-ring (bicyclic) bond motifs is 1. The molecule has 0 bridgehead atoms. The van der Waals surface area contributed by atoms with Gasteiger partial charge in [0, 0.05) is 0 Å². The highest BCUT2D eigenvalue weighted by atomic mass is 32.1. The number of halogens is 1. The van der Waals surface area contributed by atoms with Crippen LogP contribution in [0.2, 0.25) is 0 Å². The number of thiazole rings is 1. The third-order valence-corrected chi connectivity index (χ3v) is 6.21. The molecule has 1 aliphatic heterocycles. The normalized spacial score (nSPS) is 15.8. The monoisotopic (exact) mass is 480 g/mol. The predicted octanol–water partition coefficient (Wildman–Crippen LogP) is 3.72. The summed E-state index contributed by atoms with van der Waals surface area (Å²) in [6.07, 6.45) is 1.81. The molecular formula is C26H25FN2O4S. The third kappa shape index (κ3) is 4.72. The van der Waals surface area contributed by atoms with Crippen LogP contribution in [0.4, 0.5) is 4.39 Å². The maximum Gasteiger partial charge on any atom is 0.338 e. The number of benzene rings is 2. The van der Waals surface area contributed by atoms with E-state index in [2.05, 4.69) is 4.99 Å². The van der Waals surface area contributed by atoms with E-state index in [9.17, 15) is 14.0 Å². The number of hydrogen-bond acceptors (Lipinski definition) is 6. The summed E-state index contributed by atoms with van der Waals surface area (Å²) >= 11 is 1.24. The minimum Gasteiger partial charge on any atom is -0.491 e. The summed E-state index contributed by atoms with van der Waals surface area (Å²) in [4.78, 5) is 31.4. The van der Waals surface area contributed by atoms with Crippen LogP contribution in [0.1, 0.15) is 44.9 Å². The molecular weight excluding hydrogens is 455 g/mol. The zero-order valence-electron chi connectivity index (χ0n) is 19.4. The van der Waals surface area contributed by atoms with Crippen LogP contribution in [0.5, 0.6) is 5.75 Å². The summed E-state index contributed by atoms with van der Waals surface area (Å²) in [5.74, 6) is -0.245. The lowest BCUT2D eigenvalue weighted by atomic mass is 9.96. The van der Waals surface area contributed by atoms with Crippen LogP contribution in [-0.4, -0.2) is 23.2 Å². The summed E-state index contributed by atoms with van der Waals surface area (Å²) < 4.78 is 26.6. The fourth-order valence-corrected chi connectivity index (χ4v) is 4.90. The first kappa shape index (κ1) is 23.6. The first-order chi connectivity index (χ1) is 16.3. The summed E-state index contributed by atoms with van der Waals surface area (Å²) in [6.45, 7) is 7.51. The summed E-state index contributed by atoms with van der Waals surface area (Å²) in [6, 6.07) is 12.5. The summed E-state index contributed by atoms with van der Waals surface area (Å²) in [5, 5.41) is 0. The Balaban J connectivity index is 1.89. The van der Waals surface area contributed by atoms with Gasteiger partial charge in [0.1, 0.15) is 11.6 Å². The van der Waals surface area contributed by atoms with Crippen LogP contribution < -0.4 is 19.6 Å². The molecule has 0 radical (unpaired) electrons. The average molecular weight is 481 g/mol. The molecule has 6 nitrogen and oxygen atoms in total. The van der Waals surface area contributed by atoms with Gasteiger partial charge >= 0.3 is 5.97 Å². The molecule has 0 amide bonds. The SMILES string of the molecule is CCOC(=O)C1=C(C)N=c2s/c(=C\c3cccc(OC(C)C)c3)c(=O)n2[C@H]1c1ccc(F)cc1. The van der Waals surface area contributed by atoms with Crippen molar-refractivity contribution >= 4 is 23.4 Å².